The Morgan fingerprint density at radius 1 is 1.42 bits per heavy atom. The summed E-state index contributed by atoms with van der Waals surface area (Å²) in [5.41, 5.74) is 0.288. The molecule has 96 valence electrons. The fourth-order valence-corrected chi connectivity index (χ4v) is 3.88. The first-order chi connectivity index (χ1) is 9.02. The number of carboxylic acids is 1. The molecule has 4 nitrogen and oxygen atoms in total. The van der Waals surface area contributed by atoms with Gasteiger partial charge in [0.25, 0.3) is 0 Å². The fraction of sp³-hybridized carbons (Fsp3) is 0. The van der Waals surface area contributed by atoms with E-state index in [1.54, 1.807) is 0 Å². The summed E-state index contributed by atoms with van der Waals surface area (Å²) >= 11 is 14.1. The lowest BCUT2D eigenvalue weighted by Gasteiger charge is -2.03. The van der Waals surface area contributed by atoms with E-state index in [0.29, 0.717) is 19.1 Å². The van der Waals surface area contributed by atoms with Gasteiger partial charge in [0, 0.05) is 12.4 Å². The molecule has 0 aliphatic carbocycles. The van der Waals surface area contributed by atoms with Crippen molar-refractivity contribution in [2.24, 2.45) is 0 Å². The van der Waals surface area contributed by atoms with Gasteiger partial charge in [-0.1, -0.05) is 35.0 Å². The van der Waals surface area contributed by atoms with Crippen molar-refractivity contribution in [3.8, 4) is 6.07 Å². The zero-order valence-corrected chi connectivity index (χ0v) is 12.2. The Labute approximate surface area is 126 Å². The van der Waals surface area contributed by atoms with Gasteiger partial charge in [0.15, 0.2) is 0 Å². The fourth-order valence-electron chi connectivity index (χ4n) is 1.22. The topological polar surface area (TPSA) is 74.0 Å². The molecule has 0 spiro atoms. The third kappa shape index (κ3) is 3.01. The first-order valence-electron chi connectivity index (χ1n) is 4.77. The van der Waals surface area contributed by atoms with E-state index < -0.39 is 5.97 Å². The number of carbonyl (C=O) groups is 1. The van der Waals surface area contributed by atoms with Crippen LogP contribution in [0.5, 0.6) is 0 Å². The van der Waals surface area contributed by atoms with Gasteiger partial charge in [-0.15, -0.1) is 11.3 Å². The Balaban J connectivity index is 2.44. The zero-order valence-electron chi connectivity index (χ0n) is 9.05. The average molecular weight is 331 g/mol. The number of carboxylic acid groups (broad SMARTS) is 1. The number of aromatic nitrogens is 1. The van der Waals surface area contributed by atoms with Gasteiger partial charge < -0.3 is 5.11 Å². The molecule has 0 fully saturated rings. The van der Waals surface area contributed by atoms with Crippen LogP contribution in [0.15, 0.2) is 27.6 Å². The van der Waals surface area contributed by atoms with Crippen molar-refractivity contribution in [1.82, 2.24) is 4.98 Å². The van der Waals surface area contributed by atoms with E-state index >= 15 is 0 Å². The first-order valence-corrected chi connectivity index (χ1v) is 7.16. The molecule has 0 saturated heterocycles. The minimum Gasteiger partial charge on any atom is -0.477 e. The van der Waals surface area contributed by atoms with Gasteiger partial charge in [0.1, 0.15) is 10.9 Å². The van der Waals surface area contributed by atoms with Crippen molar-refractivity contribution in [1.29, 1.82) is 5.26 Å². The molecule has 0 unspecified atom stereocenters. The van der Waals surface area contributed by atoms with Crippen LogP contribution in [0.4, 0.5) is 0 Å². The summed E-state index contributed by atoms with van der Waals surface area (Å²) in [7, 11) is 0. The minimum atomic E-state index is -1.07. The average Bonchev–Trinajstić information content (AvgIpc) is 2.77. The highest BCUT2D eigenvalue weighted by Crippen LogP contribution is 2.42. The third-order valence-corrected chi connectivity index (χ3v) is 5.30. The first kappa shape index (κ1) is 14.2. The second-order valence-corrected chi connectivity index (χ2v) is 6.41. The maximum absolute atomic E-state index is 10.9. The van der Waals surface area contributed by atoms with Crippen molar-refractivity contribution in [3.05, 3.63) is 38.9 Å². The number of nitrogens with zero attached hydrogens (tertiary/aromatic N) is 2. The molecule has 0 saturated carbocycles. The minimum absolute atomic E-state index is 0.0975. The molecular weight excluding hydrogens is 327 g/mol. The molecule has 2 heterocycles. The molecule has 1 N–H and O–H groups in total. The van der Waals surface area contributed by atoms with Gasteiger partial charge >= 0.3 is 5.97 Å². The molecule has 19 heavy (non-hydrogen) atoms. The molecule has 8 heteroatoms. The Morgan fingerprint density at radius 3 is 2.58 bits per heavy atom. The second kappa shape index (κ2) is 5.80. The Bertz CT molecular complexity index is 674. The summed E-state index contributed by atoms with van der Waals surface area (Å²) in [4.78, 5) is 15.4. The Morgan fingerprint density at radius 2 is 2.05 bits per heavy atom. The lowest BCUT2D eigenvalue weighted by molar-refractivity contribution is 0.0702. The van der Waals surface area contributed by atoms with E-state index in [-0.39, 0.29) is 10.4 Å². The SMILES string of the molecule is N#Cc1cc(C(=O)O)sc1Sc1c(Cl)cncc1Cl. The van der Waals surface area contributed by atoms with Crippen LogP contribution < -0.4 is 0 Å². The molecule has 0 aliphatic heterocycles. The van der Waals surface area contributed by atoms with Crippen molar-refractivity contribution in [2.75, 3.05) is 0 Å². The van der Waals surface area contributed by atoms with Crippen LogP contribution in [0.3, 0.4) is 0 Å². The summed E-state index contributed by atoms with van der Waals surface area (Å²) in [6.45, 7) is 0. The highest BCUT2D eigenvalue weighted by atomic mass is 35.5. The van der Waals surface area contributed by atoms with Crippen molar-refractivity contribution < 1.29 is 9.90 Å². The molecule has 0 radical (unpaired) electrons. The molecular formula is C11H4Cl2N2O2S2. The lowest BCUT2D eigenvalue weighted by atomic mass is 10.3. The largest absolute Gasteiger partial charge is 0.477 e. The molecule has 2 aromatic rings. The van der Waals surface area contributed by atoms with Gasteiger partial charge in [-0.2, -0.15) is 5.26 Å². The smallest absolute Gasteiger partial charge is 0.345 e. The summed E-state index contributed by atoms with van der Waals surface area (Å²) in [5.74, 6) is -1.07. The standard InChI is InChI=1S/C11H4Cl2N2O2S2/c12-6-3-15-4-7(13)9(6)19-11-5(2-14)1-8(18-11)10(16)17/h1,3-4H,(H,16,17). The second-order valence-electron chi connectivity index (χ2n) is 3.26. The highest BCUT2D eigenvalue weighted by Gasteiger charge is 2.17. The van der Waals surface area contributed by atoms with Crippen LogP contribution in [0, 0.1) is 11.3 Å². The summed E-state index contributed by atoms with van der Waals surface area (Å²) in [6.07, 6.45) is 2.88. The van der Waals surface area contributed by atoms with Crippen LogP contribution in [0.2, 0.25) is 10.0 Å². The molecule has 0 amide bonds. The van der Waals surface area contributed by atoms with Crippen molar-refractivity contribution >= 4 is 52.3 Å². The van der Waals surface area contributed by atoms with Crippen LogP contribution in [0.1, 0.15) is 15.2 Å². The van der Waals surface area contributed by atoms with Crippen LogP contribution in [-0.2, 0) is 0 Å². The maximum atomic E-state index is 10.9. The van der Waals surface area contributed by atoms with E-state index in [1.165, 1.54) is 18.5 Å². The van der Waals surface area contributed by atoms with Gasteiger partial charge in [0.2, 0.25) is 0 Å². The molecule has 2 rings (SSSR count). The molecule has 0 atom stereocenters. The van der Waals surface area contributed by atoms with Crippen molar-refractivity contribution in [3.63, 3.8) is 0 Å². The summed E-state index contributed by atoms with van der Waals surface area (Å²) in [5, 5.41) is 18.6. The van der Waals surface area contributed by atoms with Crippen molar-refractivity contribution in [2.45, 2.75) is 9.10 Å². The predicted molar refractivity (Wildman–Crippen MR) is 74.4 cm³/mol. The lowest BCUT2D eigenvalue weighted by Crippen LogP contribution is -1.89. The number of halogens is 2. The van der Waals surface area contributed by atoms with E-state index in [2.05, 4.69) is 4.98 Å². The maximum Gasteiger partial charge on any atom is 0.345 e. The van der Waals surface area contributed by atoms with Crippen LogP contribution in [-0.4, -0.2) is 16.1 Å². The monoisotopic (exact) mass is 330 g/mol. The quantitative estimate of drug-likeness (QED) is 0.914. The number of rotatable bonds is 3. The van der Waals surface area contributed by atoms with Gasteiger partial charge in [-0.25, -0.2) is 4.79 Å². The Hall–Kier alpha value is -1.26. The van der Waals surface area contributed by atoms with Gasteiger partial charge in [0.05, 0.1) is 24.7 Å². The number of nitriles is 1. The number of aromatic carboxylic acids is 1. The van der Waals surface area contributed by atoms with E-state index in [9.17, 15) is 4.79 Å². The molecule has 2 aromatic heterocycles. The molecule has 0 aromatic carbocycles. The number of hydrogen-bond donors (Lipinski definition) is 1. The van der Waals surface area contributed by atoms with Gasteiger partial charge in [-0.3, -0.25) is 4.98 Å². The number of pyridine rings is 1. The number of hydrogen-bond acceptors (Lipinski definition) is 5. The summed E-state index contributed by atoms with van der Waals surface area (Å²) < 4.78 is 0.537. The zero-order chi connectivity index (χ0) is 14.0. The normalized spacial score (nSPS) is 10.2. The summed E-state index contributed by atoms with van der Waals surface area (Å²) in [6, 6.07) is 3.29. The van der Waals surface area contributed by atoms with Gasteiger partial charge in [-0.05, 0) is 6.07 Å². The third-order valence-electron chi connectivity index (χ3n) is 2.03. The van der Waals surface area contributed by atoms with Crippen LogP contribution >= 0.6 is 46.3 Å². The van der Waals surface area contributed by atoms with E-state index in [4.69, 9.17) is 33.6 Å². The van der Waals surface area contributed by atoms with E-state index in [1.807, 2.05) is 6.07 Å². The predicted octanol–water partition coefficient (Wildman–Crippen LogP) is 4.17. The Kier molecular flexibility index (Phi) is 4.32. The molecule has 0 aliphatic rings. The van der Waals surface area contributed by atoms with E-state index in [0.717, 1.165) is 23.1 Å². The number of thiophene rings is 1. The van der Waals surface area contributed by atoms with Crippen LogP contribution in [0.25, 0.3) is 0 Å². The highest BCUT2D eigenvalue weighted by molar-refractivity contribution is 8.01. The molecule has 0 bridgehead atoms.